The minimum atomic E-state index is 0.543. The van der Waals surface area contributed by atoms with Crippen molar-refractivity contribution in [2.75, 3.05) is 6.54 Å². The van der Waals surface area contributed by atoms with Crippen LogP contribution in [-0.2, 0) is 0 Å². The Kier molecular flexibility index (Phi) is 5.06. The molecular formula is C9H17N. The summed E-state index contributed by atoms with van der Waals surface area (Å²) in [4.78, 5) is 0. The van der Waals surface area contributed by atoms with Crippen LogP contribution in [0.1, 0.15) is 27.2 Å². The molecule has 1 N–H and O–H groups in total. The highest BCUT2D eigenvalue weighted by Crippen LogP contribution is 2.05. The van der Waals surface area contributed by atoms with Crippen molar-refractivity contribution in [1.29, 1.82) is 0 Å². The van der Waals surface area contributed by atoms with Crippen LogP contribution < -0.4 is 5.32 Å². The maximum Gasteiger partial charge on any atom is 0.0126 e. The highest BCUT2D eigenvalue weighted by atomic mass is 14.9. The number of nitrogens with one attached hydrogen (secondary N) is 1. The van der Waals surface area contributed by atoms with Crippen molar-refractivity contribution in [1.82, 2.24) is 5.32 Å². The summed E-state index contributed by atoms with van der Waals surface area (Å²) in [6.45, 7) is 7.48. The topological polar surface area (TPSA) is 12.0 Å². The maximum absolute atomic E-state index is 5.19. The zero-order chi connectivity index (χ0) is 7.98. The average Bonchev–Trinajstić information content (AvgIpc) is 1.89. The molecule has 0 radical (unpaired) electrons. The van der Waals surface area contributed by atoms with E-state index >= 15 is 0 Å². The van der Waals surface area contributed by atoms with Gasteiger partial charge in [0.1, 0.15) is 0 Å². The van der Waals surface area contributed by atoms with Crippen LogP contribution in [0.25, 0.3) is 0 Å². The second-order valence-electron chi connectivity index (χ2n) is 2.73. The monoisotopic (exact) mass is 139 g/mol. The molecule has 0 aromatic rings. The van der Waals surface area contributed by atoms with Gasteiger partial charge < -0.3 is 5.32 Å². The van der Waals surface area contributed by atoms with Gasteiger partial charge in [-0.15, -0.1) is 12.3 Å². The van der Waals surface area contributed by atoms with Gasteiger partial charge in [-0.2, -0.15) is 0 Å². The summed E-state index contributed by atoms with van der Waals surface area (Å²) in [7, 11) is 0. The van der Waals surface area contributed by atoms with Gasteiger partial charge in [0.15, 0.2) is 0 Å². The minimum absolute atomic E-state index is 0.543. The Hall–Kier alpha value is -0.480. The van der Waals surface area contributed by atoms with E-state index in [0.717, 1.165) is 13.0 Å². The summed E-state index contributed by atoms with van der Waals surface area (Å²) in [6, 6.07) is 0.543. The fourth-order valence-corrected chi connectivity index (χ4v) is 0.886. The lowest BCUT2D eigenvalue weighted by Crippen LogP contribution is -2.31. The van der Waals surface area contributed by atoms with E-state index in [1.807, 2.05) is 0 Å². The third kappa shape index (κ3) is 3.53. The van der Waals surface area contributed by atoms with Crippen molar-refractivity contribution in [3.8, 4) is 12.3 Å². The van der Waals surface area contributed by atoms with E-state index < -0.39 is 0 Å². The number of hydrogen-bond acceptors (Lipinski definition) is 1. The van der Waals surface area contributed by atoms with Crippen LogP contribution in [0.15, 0.2) is 0 Å². The van der Waals surface area contributed by atoms with E-state index in [-0.39, 0.29) is 0 Å². The third-order valence-corrected chi connectivity index (χ3v) is 1.82. The first-order valence-corrected chi connectivity index (χ1v) is 3.89. The third-order valence-electron chi connectivity index (χ3n) is 1.82. The predicted molar refractivity (Wildman–Crippen MR) is 45.8 cm³/mol. The van der Waals surface area contributed by atoms with E-state index in [0.29, 0.717) is 12.0 Å². The smallest absolute Gasteiger partial charge is 0.0126 e. The molecule has 0 heterocycles. The quantitative estimate of drug-likeness (QED) is 0.584. The maximum atomic E-state index is 5.19. The Morgan fingerprint density at radius 3 is 2.50 bits per heavy atom. The van der Waals surface area contributed by atoms with E-state index in [1.54, 1.807) is 0 Å². The van der Waals surface area contributed by atoms with Crippen LogP contribution in [-0.4, -0.2) is 12.6 Å². The molecule has 0 aliphatic carbocycles. The Bertz CT molecular complexity index is 112. The van der Waals surface area contributed by atoms with E-state index in [4.69, 9.17) is 6.42 Å². The molecule has 0 spiro atoms. The molecule has 0 bridgehead atoms. The van der Waals surface area contributed by atoms with Crippen molar-refractivity contribution in [2.45, 2.75) is 33.2 Å². The van der Waals surface area contributed by atoms with Crippen LogP contribution in [0.4, 0.5) is 0 Å². The van der Waals surface area contributed by atoms with Gasteiger partial charge >= 0.3 is 0 Å². The lowest BCUT2D eigenvalue weighted by molar-refractivity contribution is 0.416. The van der Waals surface area contributed by atoms with Crippen LogP contribution in [0.5, 0.6) is 0 Å². The standard InChI is InChI=1S/C9H17N/c1-5-7-8(3)9(4)10-6-2/h1,8-10H,6-7H2,2-4H3. The Morgan fingerprint density at radius 1 is 1.50 bits per heavy atom. The van der Waals surface area contributed by atoms with Crippen molar-refractivity contribution < 1.29 is 0 Å². The molecular weight excluding hydrogens is 122 g/mol. The average molecular weight is 139 g/mol. The molecule has 0 fully saturated rings. The van der Waals surface area contributed by atoms with E-state index in [2.05, 4.69) is 32.0 Å². The van der Waals surface area contributed by atoms with Crippen LogP contribution in [0.3, 0.4) is 0 Å². The minimum Gasteiger partial charge on any atom is -0.314 e. The van der Waals surface area contributed by atoms with Gasteiger partial charge in [0, 0.05) is 12.5 Å². The summed E-state index contributed by atoms with van der Waals surface area (Å²) in [5.74, 6) is 3.25. The first kappa shape index (κ1) is 9.52. The van der Waals surface area contributed by atoms with Crippen molar-refractivity contribution in [3.63, 3.8) is 0 Å². The first-order chi connectivity index (χ1) is 4.72. The van der Waals surface area contributed by atoms with Gasteiger partial charge in [-0.3, -0.25) is 0 Å². The fourth-order valence-electron chi connectivity index (χ4n) is 0.886. The Morgan fingerprint density at radius 2 is 2.10 bits per heavy atom. The molecule has 1 nitrogen and oxygen atoms in total. The zero-order valence-corrected chi connectivity index (χ0v) is 7.15. The molecule has 0 saturated heterocycles. The highest BCUT2D eigenvalue weighted by Gasteiger charge is 2.07. The molecule has 0 aliphatic heterocycles. The molecule has 2 atom stereocenters. The van der Waals surface area contributed by atoms with Crippen molar-refractivity contribution in [3.05, 3.63) is 0 Å². The first-order valence-electron chi connectivity index (χ1n) is 3.89. The molecule has 0 saturated carbocycles. The van der Waals surface area contributed by atoms with Crippen molar-refractivity contribution in [2.24, 2.45) is 5.92 Å². The van der Waals surface area contributed by atoms with Gasteiger partial charge in [0.25, 0.3) is 0 Å². The second kappa shape index (κ2) is 5.32. The van der Waals surface area contributed by atoms with Gasteiger partial charge in [-0.25, -0.2) is 0 Å². The molecule has 0 aliphatic rings. The normalized spacial score (nSPS) is 15.8. The van der Waals surface area contributed by atoms with Gasteiger partial charge in [0.2, 0.25) is 0 Å². The summed E-state index contributed by atoms with van der Waals surface area (Å²) in [5.41, 5.74) is 0. The zero-order valence-electron chi connectivity index (χ0n) is 7.15. The fraction of sp³-hybridized carbons (Fsp3) is 0.778. The summed E-state index contributed by atoms with van der Waals surface area (Å²) in [5, 5.41) is 3.33. The molecule has 0 rings (SSSR count). The number of rotatable bonds is 4. The SMILES string of the molecule is C#CCC(C)C(C)NCC. The van der Waals surface area contributed by atoms with Gasteiger partial charge in [0.05, 0.1) is 0 Å². The van der Waals surface area contributed by atoms with Gasteiger partial charge in [-0.1, -0.05) is 13.8 Å². The lowest BCUT2D eigenvalue weighted by Gasteiger charge is -2.17. The highest BCUT2D eigenvalue weighted by molar-refractivity contribution is 4.88. The molecule has 10 heavy (non-hydrogen) atoms. The number of hydrogen-bond donors (Lipinski definition) is 1. The Balaban J connectivity index is 3.50. The molecule has 58 valence electrons. The molecule has 2 unspecified atom stereocenters. The largest absolute Gasteiger partial charge is 0.314 e. The van der Waals surface area contributed by atoms with E-state index in [9.17, 15) is 0 Å². The summed E-state index contributed by atoms with van der Waals surface area (Å²) in [6.07, 6.45) is 6.05. The summed E-state index contributed by atoms with van der Waals surface area (Å²) < 4.78 is 0. The van der Waals surface area contributed by atoms with Crippen LogP contribution >= 0.6 is 0 Å². The van der Waals surface area contributed by atoms with Crippen molar-refractivity contribution >= 4 is 0 Å². The Labute approximate surface area is 64.2 Å². The molecule has 0 amide bonds. The summed E-state index contributed by atoms with van der Waals surface area (Å²) >= 11 is 0. The second-order valence-corrected chi connectivity index (χ2v) is 2.73. The number of terminal acetylenes is 1. The predicted octanol–water partition coefficient (Wildman–Crippen LogP) is 1.64. The molecule has 0 aromatic heterocycles. The molecule has 1 heteroatoms. The van der Waals surface area contributed by atoms with Gasteiger partial charge in [-0.05, 0) is 19.4 Å². The van der Waals surface area contributed by atoms with E-state index in [1.165, 1.54) is 0 Å². The van der Waals surface area contributed by atoms with Crippen LogP contribution in [0, 0.1) is 18.3 Å². The van der Waals surface area contributed by atoms with Crippen LogP contribution in [0.2, 0.25) is 0 Å². The lowest BCUT2D eigenvalue weighted by atomic mass is 10.0. The molecule has 0 aromatic carbocycles.